The van der Waals surface area contributed by atoms with Crippen molar-refractivity contribution < 1.29 is 9.53 Å². The first kappa shape index (κ1) is 9.70. The third-order valence-electron chi connectivity index (χ3n) is 3.83. The van der Waals surface area contributed by atoms with Crippen LogP contribution in [0.25, 0.3) is 0 Å². The summed E-state index contributed by atoms with van der Waals surface area (Å²) in [4.78, 5) is 10.5. The van der Waals surface area contributed by atoms with Gasteiger partial charge in [0.2, 0.25) is 0 Å². The summed E-state index contributed by atoms with van der Waals surface area (Å²) in [5, 5.41) is 0. The normalized spacial score (nSPS) is 44.9. The molecule has 0 spiro atoms. The van der Waals surface area contributed by atoms with Crippen LogP contribution in [0.3, 0.4) is 0 Å². The summed E-state index contributed by atoms with van der Waals surface area (Å²) in [6, 6.07) is 0. The van der Waals surface area contributed by atoms with Crippen molar-refractivity contribution >= 4 is 5.94 Å². The fraction of sp³-hybridized carbons (Fsp3) is 0.667. The molecule has 2 fully saturated rings. The molecular formula is C12H16O2. The number of carbonyl (C=O) groups excluding carboxylic acids is 1. The number of methoxy groups -OCH3 is 1. The minimum absolute atomic E-state index is 0.0109. The molecule has 0 saturated heterocycles. The van der Waals surface area contributed by atoms with Gasteiger partial charge in [-0.2, -0.15) is 0 Å². The van der Waals surface area contributed by atoms with E-state index in [1.165, 1.54) is 6.42 Å². The Hall–Kier alpha value is -0.850. The average molecular weight is 192 g/mol. The standard InChI is InChI=1S/C12H16O2/c1-3-4-9-10-5-6-11(14-2)12(9,10)7-8-13/h3-4,7,9-11H,5-6H2,1-2H3/b4-3+/t9-,10-,11-,12+/m0/s1. The first-order valence-corrected chi connectivity index (χ1v) is 5.19. The highest BCUT2D eigenvalue weighted by Gasteiger charge is 2.69. The van der Waals surface area contributed by atoms with E-state index in [1.807, 2.05) is 12.9 Å². The van der Waals surface area contributed by atoms with Crippen molar-refractivity contribution in [1.82, 2.24) is 0 Å². The van der Waals surface area contributed by atoms with Gasteiger partial charge in [0.05, 0.1) is 6.10 Å². The first-order valence-electron chi connectivity index (χ1n) is 5.19. The van der Waals surface area contributed by atoms with E-state index in [0.717, 1.165) is 6.42 Å². The van der Waals surface area contributed by atoms with Gasteiger partial charge in [-0.1, -0.05) is 12.2 Å². The van der Waals surface area contributed by atoms with Crippen LogP contribution in [0.1, 0.15) is 19.8 Å². The molecule has 0 aromatic rings. The van der Waals surface area contributed by atoms with Crippen LogP contribution in [0.5, 0.6) is 0 Å². The van der Waals surface area contributed by atoms with Crippen LogP contribution in [0.15, 0.2) is 18.2 Å². The van der Waals surface area contributed by atoms with Crippen LogP contribution in [-0.2, 0) is 9.53 Å². The van der Waals surface area contributed by atoms with E-state index in [-0.39, 0.29) is 11.5 Å². The smallest absolute Gasteiger partial charge is 0.120 e. The lowest BCUT2D eigenvalue weighted by Gasteiger charge is -2.18. The van der Waals surface area contributed by atoms with E-state index in [4.69, 9.17) is 4.74 Å². The van der Waals surface area contributed by atoms with Gasteiger partial charge in [-0.3, -0.25) is 0 Å². The van der Waals surface area contributed by atoms with E-state index in [2.05, 4.69) is 12.2 Å². The van der Waals surface area contributed by atoms with Crippen molar-refractivity contribution in [3.63, 3.8) is 0 Å². The van der Waals surface area contributed by atoms with Gasteiger partial charge in [0, 0.05) is 18.6 Å². The molecular weight excluding hydrogens is 176 g/mol. The fourth-order valence-electron chi connectivity index (χ4n) is 3.23. The molecule has 2 aliphatic carbocycles. The van der Waals surface area contributed by atoms with Gasteiger partial charge >= 0.3 is 0 Å². The SMILES string of the molecule is C/C=C/[C@H]1[C@@H]2CC[C@H](OC)[C@]12C=C=O. The summed E-state index contributed by atoms with van der Waals surface area (Å²) in [6.45, 7) is 2.02. The number of fused-ring (bicyclic) bond motifs is 1. The van der Waals surface area contributed by atoms with E-state index in [0.29, 0.717) is 11.8 Å². The summed E-state index contributed by atoms with van der Waals surface area (Å²) in [5.74, 6) is 3.08. The largest absolute Gasteiger partial charge is 0.380 e. The number of hydrogen-bond donors (Lipinski definition) is 0. The highest BCUT2D eigenvalue weighted by molar-refractivity contribution is 5.52. The van der Waals surface area contributed by atoms with Crippen molar-refractivity contribution in [2.75, 3.05) is 7.11 Å². The van der Waals surface area contributed by atoms with Crippen molar-refractivity contribution in [3.05, 3.63) is 18.2 Å². The molecule has 2 aliphatic rings. The molecule has 0 N–H and O–H groups in total. The summed E-state index contributed by atoms with van der Waals surface area (Å²) < 4.78 is 5.45. The lowest BCUT2D eigenvalue weighted by molar-refractivity contribution is 0.0626. The average Bonchev–Trinajstić information content (AvgIpc) is 2.64. The molecule has 2 nitrogen and oxygen atoms in total. The third-order valence-corrected chi connectivity index (χ3v) is 3.83. The van der Waals surface area contributed by atoms with Gasteiger partial charge in [-0.05, 0) is 31.6 Å². The Morgan fingerprint density at radius 2 is 2.29 bits per heavy atom. The molecule has 0 bridgehead atoms. The number of rotatable bonds is 3. The second-order valence-electron chi connectivity index (χ2n) is 4.22. The number of allylic oxidation sites excluding steroid dienone is 2. The molecule has 0 amide bonds. The Morgan fingerprint density at radius 1 is 1.50 bits per heavy atom. The van der Waals surface area contributed by atoms with Crippen LogP contribution in [0.2, 0.25) is 0 Å². The minimum Gasteiger partial charge on any atom is -0.380 e. The molecule has 0 heterocycles. The third kappa shape index (κ3) is 1.05. The zero-order valence-corrected chi connectivity index (χ0v) is 8.69. The van der Waals surface area contributed by atoms with E-state index < -0.39 is 0 Å². The molecule has 0 aliphatic heterocycles. The lowest BCUT2D eigenvalue weighted by Crippen LogP contribution is -2.21. The predicted octanol–water partition coefficient (Wildman–Crippen LogP) is 1.99. The Kier molecular flexibility index (Phi) is 2.34. The zero-order chi connectivity index (χ0) is 10.2. The molecule has 0 radical (unpaired) electrons. The summed E-state index contributed by atoms with van der Waals surface area (Å²) in [5.41, 5.74) is -0.0109. The van der Waals surface area contributed by atoms with E-state index >= 15 is 0 Å². The quantitative estimate of drug-likeness (QED) is 0.505. The van der Waals surface area contributed by atoms with Gasteiger partial charge in [0.15, 0.2) is 0 Å². The van der Waals surface area contributed by atoms with Crippen molar-refractivity contribution in [3.8, 4) is 0 Å². The van der Waals surface area contributed by atoms with Crippen molar-refractivity contribution in [2.45, 2.75) is 25.9 Å². The van der Waals surface area contributed by atoms with E-state index in [1.54, 1.807) is 13.2 Å². The van der Waals surface area contributed by atoms with Gasteiger partial charge in [-0.15, -0.1) is 0 Å². The maximum atomic E-state index is 10.5. The molecule has 2 heteroatoms. The Balaban J connectivity index is 2.26. The molecule has 0 aromatic heterocycles. The highest BCUT2D eigenvalue weighted by Crippen LogP contribution is 2.70. The van der Waals surface area contributed by atoms with Crippen LogP contribution in [0, 0.1) is 17.3 Å². The fourth-order valence-corrected chi connectivity index (χ4v) is 3.23. The molecule has 76 valence electrons. The minimum atomic E-state index is -0.0109. The summed E-state index contributed by atoms with van der Waals surface area (Å²) in [7, 11) is 1.73. The summed E-state index contributed by atoms with van der Waals surface area (Å²) in [6.07, 6.45) is 8.43. The molecule has 2 rings (SSSR count). The van der Waals surface area contributed by atoms with Gasteiger partial charge in [-0.25, -0.2) is 4.79 Å². The number of ether oxygens (including phenoxy) is 1. The molecule has 2 saturated carbocycles. The second-order valence-corrected chi connectivity index (χ2v) is 4.22. The zero-order valence-electron chi connectivity index (χ0n) is 8.69. The molecule has 0 unspecified atom stereocenters. The number of hydrogen-bond acceptors (Lipinski definition) is 2. The van der Waals surface area contributed by atoms with Gasteiger partial charge in [0.1, 0.15) is 5.94 Å². The second kappa shape index (κ2) is 3.38. The van der Waals surface area contributed by atoms with Crippen LogP contribution >= 0.6 is 0 Å². The van der Waals surface area contributed by atoms with Gasteiger partial charge in [0.25, 0.3) is 0 Å². The Morgan fingerprint density at radius 3 is 2.86 bits per heavy atom. The molecule has 4 atom stereocenters. The lowest BCUT2D eigenvalue weighted by atomic mass is 9.96. The topological polar surface area (TPSA) is 26.3 Å². The molecule has 14 heavy (non-hydrogen) atoms. The summed E-state index contributed by atoms with van der Waals surface area (Å²) >= 11 is 0. The maximum Gasteiger partial charge on any atom is 0.120 e. The van der Waals surface area contributed by atoms with Crippen LogP contribution in [-0.4, -0.2) is 19.2 Å². The van der Waals surface area contributed by atoms with Crippen LogP contribution < -0.4 is 0 Å². The highest BCUT2D eigenvalue weighted by atomic mass is 16.5. The Bertz CT molecular complexity index is 301. The van der Waals surface area contributed by atoms with Gasteiger partial charge < -0.3 is 4.74 Å². The first-order chi connectivity index (χ1) is 6.81. The monoisotopic (exact) mass is 192 g/mol. The maximum absolute atomic E-state index is 10.5. The van der Waals surface area contributed by atoms with Crippen molar-refractivity contribution in [2.24, 2.45) is 17.3 Å². The molecule has 0 aromatic carbocycles. The van der Waals surface area contributed by atoms with Crippen molar-refractivity contribution in [1.29, 1.82) is 0 Å². The van der Waals surface area contributed by atoms with Crippen LogP contribution in [0.4, 0.5) is 0 Å². The Labute approximate surface area is 84.6 Å². The predicted molar refractivity (Wildman–Crippen MR) is 54.5 cm³/mol. The van der Waals surface area contributed by atoms with E-state index in [9.17, 15) is 4.79 Å².